The number of aryl methyl sites for hydroxylation is 1. The Hall–Kier alpha value is -2.98. The van der Waals surface area contributed by atoms with Crippen molar-refractivity contribution in [1.29, 1.82) is 5.26 Å². The van der Waals surface area contributed by atoms with Crippen LogP contribution in [0.2, 0.25) is 0 Å². The van der Waals surface area contributed by atoms with E-state index >= 15 is 0 Å². The lowest BCUT2D eigenvalue weighted by atomic mass is 9.94. The maximum absolute atomic E-state index is 13.0. The highest BCUT2D eigenvalue weighted by Crippen LogP contribution is 2.31. The number of nitriles is 1. The Bertz CT molecular complexity index is 1090. The topological polar surface area (TPSA) is 87.8 Å². The Morgan fingerprint density at radius 2 is 1.97 bits per heavy atom. The Morgan fingerprint density at radius 1 is 1.24 bits per heavy atom. The number of aromatic nitrogens is 2. The van der Waals surface area contributed by atoms with Gasteiger partial charge in [0, 0.05) is 11.4 Å². The second-order valence-electron chi connectivity index (χ2n) is 7.43. The summed E-state index contributed by atoms with van der Waals surface area (Å²) >= 11 is 1.27. The van der Waals surface area contributed by atoms with Gasteiger partial charge in [0.25, 0.3) is 0 Å². The molecular weight excluding hydrogens is 384 g/mol. The molecule has 2 heterocycles. The largest absolute Gasteiger partial charge is 0.352 e. The van der Waals surface area contributed by atoms with E-state index in [4.69, 9.17) is 0 Å². The van der Waals surface area contributed by atoms with Crippen molar-refractivity contribution in [2.75, 3.05) is 0 Å². The predicted octanol–water partition coefficient (Wildman–Crippen LogP) is 4.17. The van der Waals surface area contributed by atoms with E-state index in [9.17, 15) is 14.9 Å². The molecule has 3 aromatic rings. The first kappa shape index (κ1) is 19.3. The number of para-hydroxylation sites is 1. The quantitative estimate of drug-likeness (QED) is 0.509. The molecule has 0 aliphatic heterocycles. The number of amides is 1. The molecule has 1 N–H and O–H groups in total. The zero-order chi connectivity index (χ0) is 20.4. The number of thiophene rings is 1. The number of rotatable bonds is 5. The molecule has 0 saturated heterocycles. The minimum absolute atomic E-state index is 0.0659. The molecule has 1 unspecified atom stereocenters. The summed E-state index contributed by atoms with van der Waals surface area (Å²) in [5, 5.41) is 17.9. The standard InChI is InChI=1S/C22H22N4O2S/c1-14-17-12-19(29-22(17)26(25-14)16-10-6-3-7-11-16)20(27)18(13-23)21(28)24-15-8-4-2-5-9-15/h3,6-7,10-12,15,18H,2,4-5,8-9H2,1H3,(H,24,28). The summed E-state index contributed by atoms with van der Waals surface area (Å²) in [5.41, 5.74) is 1.71. The molecule has 1 amide bonds. The third-order valence-corrected chi connectivity index (χ3v) is 6.52. The van der Waals surface area contributed by atoms with Crippen molar-refractivity contribution in [3.8, 4) is 11.8 Å². The average Bonchev–Trinajstić information content (AvgIpc) is 3.30. The van der Waals surface area contributed by atoms with Gasteiger partial charge in [-0.05, 0) is 38.0 Å². The van der Waals surface area contributed by atoms with Crippen LogP contribution in [-0.2, 0) is 4.79 Å². The zero-order valence-corrected chi connectivity index (χ0v) is 17.0. The number of benzene rings is 1. The highest BCUT2D eigenvalue weighted by molar-refractivity contribution is 7.20. The predicted molar refractivity (Wildman–Crippen MR) is 112 cm³/mol. The molecule has 29 heavy (non-hydrogen) atoms. The lowest BCUT2D eigenvalue weighted by Gasteiger charge is -2.23. The van der Waals surface area contributed by atoms with Gasteiger partial charge in [-0.1, -0.05) is 37.5 Å². The number of hydrogen-bond acceptors (Lipinski definition) is 5. The zero-order valence-electron chi connectivity index (χ0n) is 16.2. The minimum Gasteiger partial charge on any atom is -0.352 e. The smallest absolute Gasteiger partial charge is 0.245 e. The van der Waals surface area contributed by atoms with Crippen LogP contribution in [0, 0.1) is 24.2 Å². The van der Waals surface area contributed by atoms with Crippen LogP contribution in [0.5, 0.6) is 0 Å². The second kappa shape index (κ2) is 8.18. The Labute approximate surface area is 173 Å². The van der Waals surface area contributed by atoms with Gasteiger partial charge < -0.3 is 5.32 Å². The summed E-state index contributed by atoms with van der Waals surface area (Å²) in [6.07, 6.45) is 5.13. The van der Waals surface area contributed by atoms with Crippen LogP contribution in [0.3, 0.4) is 0 Å². The summed E-state index contributed by atoms with van der Waals surface area (Å²) in [6.45, 7) is 1.89. The van der Waals surface area contributed by atoms with Crippen LogP contribution in [0.15, 0.2) is 36.4 Å². The first-order chi connectivity index (χ1) is 14.1. The maximum atomic E-state index is 13.0. The third-order valence-electron chi connectivity index (χ3n) is 5.39. The van der Waals surface area contributed by atoms with Gasteiger partial charge in [0.05, 0.1) is 22.3 Å². The van der Waals surface area contributed by atoms with Crippen molar-refractivity contribution in [1.82, 2.24) is 15.1 Å². The van der Waals surface area contributed by atoms with Gasteiger partial charge in [0.2, 0.25) is 5.91 Å². The molecule has 0 bridgehead atoms. The van der Waals surface area contributed by atoms with Crippen molar-refractivity contribution in [2.45, 2.75) is 45.1 Å². The second-order valence-corrected chi connectivity index (χ2v) is 8.46. The molecule has 2 aromatic heterocycles. The molecule has 0 spiro atoms. The van der Waals surface area contributed by atoms with E-state index in [-0.39, 0.29) is 6.04 Å². The van der Waals surface area contributed by atoms with Crippen LogP contribution in [-0.4, -0.2) is 27.5 Å². The number of Topliss-reactive ketones (excluding diaryl/α,β-unsaturated/α-hetero) is 1. The number of carbonyl (C=O) groups is 2. The molecule has 1 aliphatic rings. The lowest BCUT2D eigenvalue weighted by Crippen LogP contribution is -2.41. The number of nitrogens with one attached hydrogen (secondary N) is 1. The molecule has 7 heteroatoms. The molecule has 4 rings (SSSR count). The summed E-state index contributed by atoms with van der Waals surface area (Å²) in [7, 11) is 0. The van der Waals surface area contributed by atoms with Gasteiger partial charge >= 0.3 is 0 Å². The average molecular weight is 407 g/mol. The van der Waals surface area contributed by atoms with Crippen molar-refractivity contribution < 1.29 is 9.59 Å². The van der Waals surface area contributed by atoms with Crippen LogP contribution >= 0.6 is 11.3 Å². The highest BCUT2D eigenvalue weighted by atomic mass is 32.1. The normalized spacial score (nSPS) is 15.7. The maximum Gasteiger partial charge on any atom is 0.245 e. The first-order valence-electron chi connectivity index (χ1n) is 9.87. The molecule has 1 aliphatic carbocycles. The monoisotopic (exact) mass is 406 g/mol. The van der Waals surface area contributed by atoms with E-state index in [0.29, 0.717) is 4.88 Å². The van der Waals surface area contributed by atoms with E-state index in [1.807, 2.05) is 43.3 Å². The van der Waals surface area contributed by atoms with Crippen molar-refractivity contribution in [2.24, 2.45) is 5.92 Å². The number of hydrogen-bond donors (Lipinski definition) is 1. The van der Waals surface area contributed by atoms with Gasteiger partial charge in [-0.3, -0.25) is 9.59 Å². The minimum atomic E-state index is -1.32. The van der Waals surface area contributed by atoms with E-state index in [0.717, 1.165) is 47.3 Å². The third kappa shape index (κ3) is 3.81. The van der Waals surface area contributed by atoms with Gasteiger partial charge in [0.1, 0.15) is 4.83 Å². The molecule has 1 saturated carbocycles. The summed E-state index contributed by atoms with van der Waals surface area (Å²) in [4.78, 5) is 26.8. The van der Waals surface area contributed by atoms with Crippen molar-refractivity contribution >= 4 is 33.2 Å². The number of carbonyl (C=O) groups excluding carboxylic acids is 2. The SMILES string of the molecule is Cc1nn(-c2ccccc2)c2sc(C(=O)C(C#N)C(=O)NC3CCCCC3)cc12. The Morgan fingerprint density at radius 3 is 2.66 bits per heavy atom. The number of ketones is 1. The Balaban J connectivity index is 1.60. The van der Waals surface area contributed by atoms with Crippen LogP contribution in [0.4, 0.5) is 0 Å². The number of fused-ring (bicyclic) bond motifs is 1. The van der Waals surface area contributed by atoms with Gasteiger partial charge in [-0.2, -0.15) is 10.4 Å². The van der Waals surface area contributed by atoms with E-state index in [1.54, 1.807) is 10.7 Å². The molecule has 6 nitrogen and oxygen atoms in total. The lowest BCUT2D eigenvalue weighted by molar-refractivity contribution is -0.123. The molecule has 1 aromatic carbocycles. The highest BCUT2D eigenvalue weighted by Gasteiger charge is 2.31. The van der Waals surface area contributed by atoms with Crippen LogP contribution in [0.25, 0.3) is 15.9 Å². The molecule has 0 radical (unpaired) electrons. The van der Waals surface area contributed by atoms with E-state index < -0.39 is 17.6 Å². The van der Waals surface area contributed by atoms with Gasteiger partial charge in [-0.25, -0.2) is 4.68 Å². The van der Waals surface area contributed by atoms with Crippen LogP contribution in [0.1, 0.15) is 47.5 Å². The number of nitrogens with zero attached hydrogens (tertiary/aromatic N) is 3. The van der Waals surface area contributed by atoms with E-state index in [1.165, 1.54) is 17.8 Å². The summed E-state index contributed by atoms with van der Waals surface area (Å²) in [5.74, 6) is -2.25. The van der Waals surface area contributed by atoms with Gasteiger partial charge in [-0.15, -0.1) is 11.3 Å². The van der Waals surface area contributed by atoms with E-state index in [2.05, 4.69) is 10.4 Å². The molecular formula is C22H22N4O2S. The summed E-state index contributed by atoms with van der Waals surface area (Å²) < 4.78 is 1.80. The molecule has 1 fully saturated rings. The fraction of sp³-hybridized carbons (Fsp3) is 0.364. The molecule has 148 valence electrons. The fourth-order valence-electron chi connectivity index (χ4n) is 3.82. The Kier molecular flexibility index (Phi) is 5.45. The van der Waals surface area contributed by atoms with Crippen molar-refractivity contribution in [3.05, 3.63) is 47.0 Å². The van der Waals surface area contributed by atoms with Crippen LogP contribution < -0.4 is 5.32 Å². The van der Waals surface area contributed by atoms with Gasteiger partial charge in [0.15, 0.2) is 11.7 Å². The molecule has 1 atom stereocenters. The summed E-state index contributed by atoms with van der Waals surface area (Å²) in [6, 6.07) is 13.4. The van der Waals surface area contributed by atoms with Crippen molar-refractivity contribution in [3.63, 3.8) is 0 Å². The fourth-order valence-corrected chi connectivity index (χ4v) is 4.98. The first-order valence-corrected chi connectivity index (χ1v) is 10.7.